The number of hydrogen-bond donors (Lipinski definition) is 1. The van der Waals surface area contributed by atoms with Crippen LogP contribution in [-0.4, -0.2) is 26.2 Å². The molecule has 0 radical (unpaired) electrons. The Hall–Kier alpha value is -2.34. The average Bonchev–Trinajstić information content (AvgIpc) is 3.02. The number of rotatable bonds is 6. The maximum Gasteiger partial charge on any atom is 0.230 e. The van der Waals surface area contributed by atoms with Crippen LogP contribution in [0.15, 0.2) is 53.9 Å². The van der Waals surface area contributed by atoms with Gasteiger partial charge in [-0.2, -0.15) is 0 Å². The van der Waals surface area contributed by atoms with Crippen LogP contribution in [0, 0.1) is 0 Å². The van der Waals surface area contributed by atoms with E-state index in [9.17, 15) is 4.79 Å². The molecule has 6 heteroatoms. The van der Waals surface area contributed by atoms with Gasteiger partial charge in [-0.1, -0.05) is 6.07 Å². The number of carbonyl (C=O) groups is 1. The zero-order chi connectivity index (χ0) is 16.9. The summed E-state index contributed by atoms with van der Waals surface area (Å²) in [5.41, 5.74) is 3.13. The number of nitrogens with zero attached hydrogens (tertiary/aromatic N) is 3. The second kappa shape index (κ2) is 7.49. The molecule has 1 N–H and O–H groups in total. The predicted octanol–water partition coefficient (Wildman–Crippen LogP) is 3.42. The normalized spacial score (nSPS) is 11.1. The van der Waals surface area contributed by atoms with E-state index in [1.54, 1.807) is 12.4 Å². The standard InChI is InChI=1S/C18H20N4OS/c1-13(2)22-12-21-16-9-14(3-4-17(16)22)10-20-18(23)11-24-15-5-7-19-8-6-15/h3-9,12-13H,10-11H2,1-2H3,(H,20,23). The quantitative estimate of drug-likeness (QED) is 0.699. The van der Waals surface area contributed by atoms with Gasteiger partial charge in [-0.25, -0.2) is 4.98 Å². The zero-order valence-electron chi connectivity index (χ0n) is 13.8. The molecule has 24 heavy (non-hydrogen) atoms. The molecule has 0 saturated heterocycles. The van der Waals surface area contributed by atoms with E-state index >= 15 is 0 Å². The van der Waals surface area contributed by atoms with E-state index < -0.39 is 0 Å². The first-order chi connectivity index (χ1) is 11.6. The second-order valence-electron chi connectivity index (χ2n) is 5.82. The van der Waals surface area contributed by atoms with Crippen molar-refractivity contribution in [3.05, 3.63) is 54.6 Å². The summed E-state index contributed by atoms with van der Waals surface area (Å²) >= 11 is 1.51. The van der Waals surface area contributed by atoms with Crippen LogP contribution in [0.5, 0.6) is 0 Å². The van der Waals surface area contributed by atoms with Crippen molar-refractivity contribution in [3.8, 4) is 0 Å². The Balaban J connectivity index is 1.56. The largest absolute Gasteiger partial charge is 0.351 e. The van der Waals surface area contributed by atoms with Crippen LogP contribution in [0.3, 0.4) is 0 Å². The molecule has 5 nitrogen and oxygen atoms in total. The number of amides is 1. The smallest absolute Gasteiger partial charge is 0.230 e. The summed E-state index contributed by atoms with van der Waals surface area (Å²) in [5.74, 6) is 0.415. The van der Waals surface area contributed by atoms with Crippen LogP contribution in [-0.2, 0) is 11.3 Å². The maximum atomic E-state index is 12.0. The highest BCUT2D eigenvalue weighted by molar-refractivity contribution is 8.00. The van der Waals surface area contributed by atoms with Crippen molar-refractivity contribution < 1.29 is 4.79 Å². The summed E-state index contributed by atoms with van der Waals surface area (Å²) in [4.78, 5) is 21.4. The molecule has 2 heterocycles. The molecular weight excluding hydrogens is 320 g/mol. The first-order valence-electron chi connectivity index (χ1n) is 7.88. The van der Waals surface area contributed by atoms with Gasteiger partial charge in [-0.15, -0.1) is 11.8 Å². The number of thioether (sulfide) groups is 1. The number of hydrogen-bond acceptors (Lipinski definition) is 4. The summed E-state index contributed by atoms with van der Waals surface area (Å²) in [6.07, 6.45) is 5.32. The molecule has 0 fully saturated rings. The van der Waals surface area contributed by atoms with Crippen LogP contribution in [0.4, 0.5) is 0 Å². The minimum absolute atomic E-state index is 0.0182. The van der Waals surface area contributed by atoms with E-state index in [1.165, 1.54) is 11.8 Å². The predicted molar refractivity (Wildman–Crippen MR) is 96.9 cm³/mol. The maximum absolute atomic E-state index is 12.0. The number of carbonyl (C=O) groups excluding carboxylic acids is 1. The number of nitrogens with one attached hydrogen (secondary N) is 1. The first kappa shape index (κ1) is 16.5. The van der Waals surface area contributed by atoms with Crippen molar-refractivity contribution in [2.75, 3.05) is 5.75 Å². The fourth-order valence-electron chi connectivity index (χ4n) is 2.43. The molecule has 124 valence electrons. The van der Waals surface area contributed by atoms with Gasteiger partial charge in [0.1, 0.15) is 0 Å². The summed E-state index contributed by atoms with van der Waals surface area (Å²) in [5, 5.41) is 2.95. The lowest BCUT2D eigenvalue weighted by Gasteiger charge is -2.09. The summed E-state index contributed by atoms with van der Waals surface area (Å²) in [7, 11) is 0. The van der Waals surface area contributed by atoms with E-state index in [1.807, 2.05) is 30.6 Å². The topological polar surface area (TPSA) is 59.8 Å². The van der Waals surface area contributed by atoms with Crippen LogP contribution in [0.2, 0.25) is 0 Å². The Bertz CT molecular complexity index is 829. The molecule has 1 aromatic carbocycles. The van der Waals surface area contributed by atoms with E-state index in [0.717, 1.165) is 21.5 Å². The summed E-state index contributed by atoms with van der Waals surface area (Å²) in [6, 6.07) is 10.3. The van der Waals surface area contributed by atoms with Crippen molar-refractivity contribution in [3.63, 3.8) is 0 Å². The highest BCUT2D eigenvalue weighted by Gasteiger charge is 2.07. The average molecular weight is 340 g/mol. The fourth-order valence-corrected chi connectivity index (χ4v) is 3.15. The Morgan fingerprint density at radius 2 is 2.04 bits per heavy atom. The van der Waals surface area contributed by atoms with E-state index in [2.05, 4.69) is 39.8 Å². The molecule has 3 aromatic rings. The molecule has 0 saturated carbocycles. The van der Waals surface area contributed by atoms with Crippen molar-refractivity contribution in [1.29, 1.82) is 0 Å². The van der Waals surface area contributed by atoms with Gasteiger partial charge in [0, 0.05) is 29.9 Å². The van der Waals surface area contributed by atoms with Crippen LogP contribution < -0.4 is 5.32 Å². The molecule has 1 amide bonds. The van der Waals surface area contributed by atoms with Gasteiger partial charge < -0.3 is 9.88 Å². The Morgan fingerprint density at radius 3 is 2.79 bits per heavy atom. The molecule has 0 bridgehead atoms. The second-order valence-corrected chi connectivity index (χ2v) is 6.87. The minimum atomic E-state index is 0.0182. The lowest BCUT2D eigenvalue weighted by molar-refractivity contribution is -0.118. The van der Waals surface area contributed by atoms with E-state index in [4.69, 9.17) is 0 Å². The van der Waals surface area contributed by atoms with Gasteiger partial charge in [0.2, 0.25) is 5.91 Å². The van der Waals surface area contributed by atoms with Crippen LogP contribution in [0.25, 0.3) is 11.0 Å². The van der Waals surface area contributed by atoms with Crippen molar-refractivity contribution in [1.82, 2.24) is 19.9 Å². The third-order valence-electron chi connectivity index (χ3n) is 3.70. The first-order valence-corrected chi connectivity index (χ1v) is 8.87. The van der Waals surface area contributed by atoms with Crippen molar-refractivity contribution in [2.24, 2.45) is 0 Å². The molecular formula is C18H20N4OS. The van der Waals surface area contributed by atoms with E-state index in [-0.39, 0.29) is 5.91 Å². The third kappa shape index (κ3) is 3.94. The number of aromatic nitrogens is 3. The molecule has 0 unspecified atom stereocenters. The van der Waals surface area contributed by atoms with Crippen LogP contribution in [0.1, 0.15) is 25.5 Å². The molecule has 0 aliphatic rings. The van der Waals surface area contributed by atoms with Gasteiger partial charge in [0.05, 0.1) is 23.1 Å². The Morgan fingerprint density at radius 1 is 1.25 bits per heavy atom. The molecule has 2 aromatic heterocycles. The Labute approximate surface area is 145 Å². The summed E-state index contributed by atoms with van der Waals surface area (Å²) in [6.45, 7) is 4.78. The van der Waals surface area contributed by atoms with Gasteiger partial charge in [0.25, 0.3) is 0 Å². The fraction of sp³-hybridized carbons (Fsp3) is 0.278. The molecule has 0 atom stereocenters. The number of pyridine rings is 1. The van der Waals surface area contributed by atoms with Gasteiger partial charge in [-0.3, -0.25) is 9.78 Å². The van der Waals surface area contributed by atoms with Gasteiger partial charge in [-0.05, 0) is 43.7 Å². The van der Waals surface area contributed by atoms with Crippen LogP contribution >= 0.6 is 11.8 Å². The molecule has 0 aliphatic heterocycles. The van der Waals surface area contributed by atoms with Gasteiger partial charge in [0.15, 0.2) is 0 Å². The monoisotopic (exact) mass is 340 g/mol. The molecule has 0 spiro atoms. The lowest BCUT2D eigenvalue weighted by Crippen LogP contribution is -2.24. The number of imidazole rings is 1. The van der Waals surface area contributed by atoms with Crippen molar-refractivity contribution >= 4 is 28.7 Å². The minimum Gasteiger partial charge on any atom is -0.351 e. The molecule has 0 aliphatic carbocycles. The third-order valence-corrected chi connectivity index (χ3v) is 4.72. The Kier molecular flexibility index (Phi) is 5.15. The van der Waals surface area contributed by atoms with E-state index in [0.29, 0.717) is 18.3 Å². The zero-order valence-corrected chi connectivity index (χ0v) is 14.6. The highest BCUT2D eigenvalue weighted by atomic mass is 32.2. The number of fused-ring (bicyclic) bond motifs is 1. The summed E-state index contributed by atoms with van der Waals surface area (Å²) < 4.78 is 2.14. The number of benzene rings is 1. The SMILES string of the molecule is CC(C)n1cnc2cc(CNC(=O)CSc3ccncc3)ccc21. The lowest BCUT2D eigenvalue weighted by atomic mass is 10.2. The molecule has 3 rings (SSSR count). The van der Waals surface area contributed by atoms with Crippen molar-refractivity contribution in [2.45, 2.75) is 31.3 Å². The highest BCUT2D eigenvalue weighted by Crippen LogP contribution is 2.19. The van der Waals surface area contributed by atoms with Gasteiger partial charge >= 0.3 is 0 Å².